The number of para-hydroxylation sites is 1. The molecule has 60 valence electrons. The molecule has 0 bridgehead atoms. The van der Waals surface area contributed by atoms with Crippen molar-refractivity contribution in [3.63, 3.8) is 0 Å². The Hall–Kier alpha value is -0.450. The number of benzene rings is 1. The molecule has 3 heteroatoms. The number of phenolic OH excluding ortho intramolecular Hbond substituents is 1. The van der Waals surface area contributed by atoms with Gasteiger partial charge in [-0.1, -0.05) is 6.07 Å². The predicted molar refractivity (Wildman–Crippen MR) is 52.0 cm³/mol. The summed E-state index contributed by atoms with van der Waals surface area (Å²) in [6.45, 7) is 2.47. The topological polar surface area (TPSA) is 29.5 Å². The van der Waals surface area contributed by atoms with E-state index in [0.29, 0.717) is 12.4 Å². The molecule has 0 saturated carbocycles. The van der Waals surface area contributed by atoms with Gasteiger partial charge in [0.1, 0.15) is 0 Å². The van der Waals surface area contributed by atoms with Crippen LogP contribution in [0.4, 0.5) is 0 Å². The van der Waals surface area contributed by atoms with Crippen LogP contribution in [-0.4, -0.2) is 11.7 Å². The Balaban J connectivity index is 2.96. The number of phenols is 1. The third-order valence-electron chi connectivity index (χ3n) is 1.25. The zero-order valence-electron chi connectivity index (χ0n) is 6.17. The zero-order chi connectivity index (χ0) is 8.27. The summed E-state index contributed by atoms with van der Waals surface area (Å²) in [6.07, 6.45) is 0. The normalized spacial score (nSPS) is 9.64. The van der Waals surface area contributed by atoms with Crippen LogP contribution >= 0.6 is 22.6 Å². The highest BCUT2D eigenvalue weighted by molar-refractivity contribution is 14.1. The van der Waals surface area contributed by atoms with E-state index >= 15 is 0 Å². The van der Waals surface area contributed by atoms with Crippen LogP contribution < -0.4 is 4.74 Å². The van der Waals surface area contributed by atoms with Gasteiger partial charge in [-0.15, -0.1) is 0 Å². The Kier molecular flexibility index (Phi) is 2.99. The van der Waals surface area contributed by atoms with Gasteiger partial charge in [0, 0.05) is 0 Å². The van der Waals surface area contributed by atoms with Crippen molar-refractivity contribution in [2.75, 3.05) is 6.61 Å². The maximum Gasteiger partial charge on any atom is 0.171 e. The molecule has 0 unspecified atom stereocenters. The number of halogens is 1. The summed E-state index contributed by atoms with van der Waals surface area (Å²) in [4.78, 5) is 0. The minimum absolute atomic E-state index is 0.231. The van der Waals surface area contributed by atoms with Crippen LogP contribution in [0.1, 0.15) is 6.92 Å². The van der Waals surface area contributed by atoms with E-state index in [0.717, 1.165) is 3.57 Å². The molecule has 0 spiro atoms. The SMILES string of the molecule is CCOc1cccc(I)c1O. The number of hydrogen-bond donors (Lipinski definition) is 1. The lowest BCUT2D eigenvalue weighted by atomic mass is 10.3. The second-order valence-electron chi connectivity index (χ2n) is 2.02. The first-order chi connectivity index (χ1) is 5.25. The van der Waals surface area contributed by atoms with Crippen molar-refractivity contribution < 1.29 is 9.84 Å². The Morgan fingerprint density at radius 2 is 2.27 bits per heavy atom. The van der Waals surface area contributed by atoms with Crippen LogP contribution in [0.25, 0.3) is 0 Å². The van der Waals surface area contributed by atoms with Gasteiger partial charge in [0.2, 0.25) is 0 Å². The second kappa shape index (κ2) is 3.80. The highest BCUT2D eigenvalue weighted by Gasteiger charge is 2.03. The summed E-state index contributed by atoms with van der Waals surface area (Å²) >= 11 is 2.06. The van der Waals surface area contributed by atoms with E-state index in [4.69, 9.17) is 4.74 Å². The molecule has 1 aromatic rings. The molecule has 1 rings (SSSR count). The van der Waals surface area contributed by atoms with Crippen molar-refractivity contribution in [1.82, 2.24) is 0 Å². The van der Waals surface area contributed by atoms with Gasteiger partial charge < -0.3 is 9.84 Å². The average molecular weight is 264 g/mol. The van der Waals surface area contributed by atoms with Gasteiger partial charge in [-0.05, 0) is 41.6 Å². The number of hydrogen-bond acceptors (Lipinski definition) is 2. The van der Waals surface area contributed by atoms with Crippen molar-refractivity contribution >= 4 is 22.6 Å². The number of ether oxygens (including phenoxy) is 1. The predicted octanol–water partition coefficient (Wildman–Crippen LogP) is 2.40. The Morgan fingerprint density at radius 1 is 1.55 bits per heavy atom. The fourth-order valence-corrected chi connectivity index (χ4v) is 1.24. The van der Waals surface area contributed by atoms with Gasteiger partial charge in [-0.3, -0.25) is 0 Å². The van der Waals surface area contributed by atoms with Gasteiger partial charge in [0.25, 0.3) is 0 Å². The Morgan fingerprint density at radius 3 is 2.91 bits per heavy atom. The van der Waals surface area contributed by atoms with Gasteiger partial charge in [-0.25, -0.2) is 0 Å². The molecule has 0 aliphatic carbocycles. The van der Waals surface area contributed by atoms with E-state index in [1.165, 1.54) is 0 Å². The van der Waals surface area contributed by atoms with Crippen molar-refractivity contribution in [3.05, 3.63) is 21.8 Å². The fourth-order valence-electron chi connectivity index (χ4n) is 0.768. The highest BCUT2D eigenvalue weighted by Crippen LogP contribution is 2.30. The van der Waals surface area contributed by atoms with Crippen LogP contribution in [0.3, 0.4) is 0 Å². The van der Waals surface area contributed by atoms with Gasteiger partial charge in [-0.2, -0.15) is 0 Å². The molecule has 0 aromatic heterocycles. The summed E-state index contributed by atoms with van der Waals surface area (Å²) in [6, 6.07) is 5.44. The molecule has 0 aliphatic rings. The molecule has 1 aromatic carbocycles. The van der Waals surface area contributed by atoms with Crippen molar-refractivity contribution in [2.24, 2.45) is 0 Å². The number of rotatable bonds is 2. The maximum atomic E-state index is 9.40. The third-order valence-corrected chi connectivity index (χ3v) is 2.12. The first-order valence-corrected chi connectivity index (χ1v) is 4.44. The van der Waals surface area contributed by atoms with E-state index in [1.54, 1.807) is 6.07 Å². The van der Waals surface area contributed by atoms with Gasteiger partial charge in [0.15, 0.2) is 11.5 Å². The van der Waals surface area contributed by atoms with Crippen LogP contribution in [0.5, 0.6) is 11.5 Å². The first kappa shape index (κ1) is 8.64. The number of aromatic hydroxyl groups is 1. The average Bonchev–Trinajstić information content (AvgIpc) is 1.99. The quantitative estimate of drug-likeness (QED) is 0.831. The zero-order valence-corrected chi connectivity index (χ0v) is 8.33. The van der Waals surface area contributed by atoms with E-state index in [9.17, 15) is 5.11 Å². The fraction of sp³-hybridized carbons (Fsp3) is 0.250. The summed E-state index contributed by atoms with van der Waals surface area (Å²) in [7, 11) is 0. The van der Waals surface area contributed by atoms with Crippen LogP contribution in [-0.2, 0) is 0 Å². The monoisotopic (exact) mass is 264 g/mol. The molecule has 0 amide bonds. The van der Waals surface area contributed by atoms with E-state index < -0.39 is 0 Å². The second-order valence-corrected chi connectivity index (χ2v) is 3.18. The molecule has 0 saturated heterocycles. The van der Waals surface area contributed by atoms with Crippen LogP contribution in [0.15, 0.2) is 18.2 Å². The molecule has 2 nitrogen and oxygen atoms in total. The Bertz CT molecular complexity index is 248. The lowest BCUT2D eigenvalue weighted by Crippen LogP contribution is -1.91. The lowest BCUT2D eigenvalue weighted by molar-refractivity contribution is 0.317. The molecule has 11 heavy (non-hydrogen) atoms. The first-order valence-electron chi connectivity index (χ1n) is 3.36. The van der Waals surface area contributed by atoms with E-state index in [-0.39, 0.29) is 5.75 Å². The van der Waals surface area contributed by atoms with Gasteiger partial charge >= 0.3 is 0 Å². The molecule has 0 heterocycles. The Labute approximate surface area is 79.3 Å². The van der Waals surface area contributed by atoms with Crippen molar-refractivity contribution in [2.45, 2.75) is 6.92 Å². The van der Waals surface area contributed by atoms with Crippen LogP contribution in [0.2, 0.25) is 0 Å². The molecule has 0 radical (unpaired) electrons. The summed E-state index contributed by atoms with van der Waals surface area (Å²) in [5, 5.41) is 9.40. The molecular formula is C8H9IO2. The lowest BCUT2D eigenvalue weighted by Gasteiger charge is -2.05. The summed E-state index contributed by atoms with van der Waals surface area (Å²) in [5.74, 6) is 0.786. The maximum absolute atomic E-state index is 9.40. The molecule has 0 atom stereocenters. The highest BCUT2D eigenvalue weighted by atomic mass is 127. The van der Waals surface area contributed by atoms with Crippen molar-refractivity contribution in [1.29, 1.82) is 0 Å². The molecular weight excluding hydrogens is 255 g/mol. The van der Waals surface area contributed by atoms with E-state index in [1.807, 2.05) is 19.1 Å². The molecule has 1 N–H and O–H groups in total. The molecule has 0 fully saturated rings. The standard InChI is InChI=1S/C8H9IO2/c1-2-11-7-5-3-4-6(9)8(7)10/h3-5,10H,2H2,1H3. The summed E-state index contributed by atoms with van der Waals surface area (Å²) < 4.78 is 5.98. The molecule has 0 aliphatic heterocycles. The third kappa shape index (κ3) is 1.99. The minimum atomic E-state index is 0.231. The summed E-state index contributed by atoms with van der Waals surface area (Å²) in [5.41, 5.74) is 0. The van der Waals surface area contributed by atoms with Crippen molar-refractivity contribution in [3.8, 4) is 11.5 Å². The van der Waals surface area contributed by atoms with E-state index in [2.05, 4.69) is 22.6 Å². The van der Waals surface area contributed by atoms with Crippen LogP contribution in [0, 0.1) is 3.57 Å². The smallest absolute Gasteiger partial charge is 0.171 e. The van der Waals surface area contributed by atoms with Gasteiger partial charge in [0.05, 0.1) is 10.2 Å². The largest absolute Gasteiger partial charge is 0.504 e. The minimum Gasteiger partial charge on any atom is -0.504 e.